The van der Waals surface area contributed by atoms with E-state index in [9.17, 15) is 14.4 Å². The molecular weight excluding hydrogens is 322 g/mol. The minimum atomic E-state index is -0.513. The molecule has 7 nitrogen and oxygen atoms in total. The lowest BCUT2D eigenvalue weighted by Crippen LogP contribution is -2.54. The fourth-order valence-corrected chi connectivity index (χ4v) is 2.71. The first-order valence-corrected chi connectivity index (χ1v) is 8.60. The SMILES string of the molecule is CCOC(=O)N1CCN(C(=O)C(=O)N(CC)Cc2ccccc2)CC1. The summed E-state index contributed by atoms with van der Waals surface area (Å²) in [6, 6.07) is 9.58. The highest BCUT2D eigenvalue weighted by atomic mass is 16.6. The smallest absolute Gasteiger partial charge is 0.409 e. The Morgan fingerprint density at radius 2 is 1.60 bits per heavy atom. The second kappa shape index (κ2) is 9.05. The Kier molecular flexibility index (Phi) is 6.80. The molecule has 0 saturated carbocycles. The van der Waals surface area contributed by atoms with Crippen LogP contribution in [0.15, 0.2) is 30.3 Å². The Hall–Kier alpha value is -2.57. The van der Waals surface area contributed by atoms with Gasteiger partial charge in [-0.25, -0.2) is 4.79 Å². The van der Waals surface area contributed by atoms with Crippen LogP contribution < -0.4 is 0 Å². The first kappa shape index (κ1) is 18.8. The third-order valence-corrected chi connectivity index (χ3v) is 4.16. The van der Waals surface area contributed by atoms with Crippen molar-refractivity contribution in [3.05, 3.63) is 35.9 Å². The number of nitrogens with zero attached hydrogens (tertiary/aromatic N) is 3. The van der Waals surface area contributed by atoms with Crippen LogP contribution in [0.2, 0.25) is 0 Å². The molecule has 1 aromatic carbocycles. The van der Waals surface area contributed by atoms with E-state index in [1.54, 1.807) is 11.8 Å². The van der Waals surface area contributed by atoms with E-state index in [1.165, 1.54) is 9.80 Å². The summed E-state index contributed by atoms with van der Waals surface area (Å²) in [6.07, 6.45) is -0.375. The second-order valence-corrected chi connectivity index (χ2v) is 5.78. The molecule has 0 atom stereocenters. The number of benzene rings is 1. The topological polar surface area (TPSA) is 70.2 Å². The maximum absolute atomic E-state index is 12.5. The zero-order valence-electron chi connectivity index (χ0n) is 14.8. The Bertz CT molecular complexity index is 598. The predicted molar refractivity (Wildman–Crippen MR) is 92.7 cm³/mol. The van der Waals surface area contributed by atoms with Crippen molar-refractivity contribution >= 4 is 17.9 Å². The molecule has 0 N–H and O–H groups in total. The zero-order valence-corrected chi connectivity index (χ0v) is 14.8. The van der Waals surface area contributed by atoms with Crippen LogP contribution in [0.3, 0.4) is 0 Å². The summed E-state index contributed by atoms with van der Waals surface area (Å²) in [4.78, 5) is 41.3. The summed E-state index contributed by atoms with van der Waals surface area (Å²) in [5.41, 5.74) is 0.984. The molecule has 2 rings (SSSR count). The number of carbonyl (C=O) groups excluding carboxylic acids is 3. The van der Waals surface area contributed by atoms with E-state index in [1.807, 2.05) is 37.3 Å². The second-order valence-electron chi connectivity index (χ2n) is 5.78. The Balaban J connectivity index is 1.91. The van der Waals surface area contributed by atoms with Gasteiger partial charge in [-0.15, -0.1) is 0 Å². The minimum absolute atomic E-state index is 0.321. The molecule has 25 heavy (non-hydrogen) atoms. The lowest BCUT2D eigenvalue weighted by Gasteiger charge is -2.34. The first-order valence-electron chi connectivity index (χ1n) is 8.60. The van der Waals surface area contributed by atoms with Gasteiger partial charge < -0.3 is 19.4 Å². The van der Waals surface area contributed by atoms with E-state index < -0.39 is 11.8 Å². The fourth-order valence-electron chi connectivity index (χ4n) is 2.71. The molecule has 1 aliphatic rings. The number of ether oxygens (including phenoxy) is 1. The van der Waals surface area contributed by atoms with Crippen molar-refractivity contribution in [2.45, 2.75) is 20.4 Å². The van der Waals surface area contributed by atoms with Gasteiger partial charge in [-0.1, -0.05) is 30.3 Å². The van der Waals surface area contributed by atoms with Gasteiger partial charge in [0.25, 0.3) is 0 Å². The van der Waals surface area contributed by atoms with Gasteiger partial charge in [0.2, 0.25) is 0 Å². The van der Waals surface area contributed by atoms with Gasteiger partial charge >= 0.3 is 17.9 Å². The van der Waals surface area contributed by atoms with Gasteiger partial charge in [0.1, 0.15) is 0 Å². The summed E-state index contributed by atoms with van der Waals surface area (Å²) in [7, 11) is 0. The molecule has 0 aliphatic carbocycles. The van der Waals surface area contributed by atoms with Crippen LogP contribution >= 0.6 is 0 Å². The average molecular weight is 347 g/mol. The number of likely N-dealkylation sites (N-methyl/N-ethyl adjacent to an activating group) is 1. The zero-order chi connectivity index (χ0) is 18.2. The molecule has 0 bridgehead atoms. The van der Waals surface area contributed by atoms with Gasteiger partial charge in [0.15, 0.2) is 0 Å². The Morgan fingerprint density at radius 1 is 1.00 bits per heavy atom. The number of hydrogen-bond donors (Lipinski definition) is 0. The lowest BCUT2D eigenvalue weighted by atomic mass is 10.2. The van der Waals surface area contributed by atoms with Crippen molar-refractivity contribution in [3.8, 4) is 0 Å². The van der Waals surface area contributed by atoms with Crippen molar-refractivity contribution in [3.63, 3.8) is 0 Å². The quantitative estimate of drug-likeness (QED) is 0.771. The molecule has 0 aromatic heterocycles. The summed E-state index contributed by atoms with van der Waals surface area (Å²) in [6.45, 7) is 6.23. The minimum Gasteiger partial charge on any atom is -0.450 e. The van der Waals surface area contributed by atoms with Crippen LogP contribution in [0.1, 0.15) is 19.4 Å². The summed E-state index contributed by atoms with van der Waals surface area (Å²) in [5, 5.41) is 0. The summed E-state index contributed by atoms with van der Waals surface area (Å²) < 4.78 is 4.95. The van der Waals surface area contributed by atoms with Crippen molar-refractivity contribution in [1.82, 2.24) is 14.7 Å². The van der Waals surface area contributed by atoms with Crippen LogP contribution in [0.4, 0.5) is 4.79 Å². The number of carbonyl (C=O) groups is 3. The third-order valence-electron chi connectivity index (χ3n) is 4.16. The van der Waals surface area contributed by atoms with Gasteiger partial charge in [-0.2, -0.15) is 0 Å². The number of rotatable bonds is 4. The van der Waals surface area contributed by atoms with Gasteiger partial charge in [0, 0.05) is 39.3 Å². The Morgan fingerprint density at radius 3 is 2.16 bits per heavy atom. The van der Waals surface area contributed by atoms with E-state index in [4.69, 9.17) is 4.74 Å². The van der Waals surface area contributed by atoms with E-state index in [0.29, 0.717) is 45.9 Å². The fraction of sp³-hybridized carbons (Fsp3) is 0.500. The molecular formula is C18H25N3O4. The highest BCUT2D eigenvalue weighted by molar-refractivity contribution is 6.34. The van der Waals surface area contributed by atoms with Crippen LogP contribution in [-0.4, -0.2) is 71.9 Å². The van der Waals surface area contributed by atoms with Crippen LogP contribution in [0.5, 0.6) is 0 Å². The van der Waals surface area contributed by atoms with Crippen LogP contribution in [0.25, 0.3) is 0 Å². The highest BCUT2D eigenvalue weighted by Gasteiger charge is 2.30. The van der Waals surface area contributed by atoms with Gasteiger partial charge in [0.05, 0.1) is 6.61 Å². The van der Waals surface area contributed by atoms with Crippen molar-refractivity contribution in [2.75, 3.05) is 39.3 Å². The van der Waals surface area contributed by atoms with Crippen LogP contribution in [0, 0.1) is 0 Å². The standard InChI is InChI=1S/C18H25N3O4/c1-3-19(14-15-8-6-5-7-9-15)16(22)17(23)20-10-12-21(13-11-20)18(24)25-4-2/h5-9H,3-4,10-14H2,1-2H3. The first-order chi connectivity index (χ1) is 12.1. The van der Waals surface area contributed by atoms with Crippen molar-refractivity contribution in [2.24, 2.45) is 0 Å². The van der Waals surface area contributed by atoms with Gasteiger partial charge in [-0.05, 0) is 19.4 Å². The van der Waals surface area contributed by atoms with E-state index in [0.717, 1.165) is 5.56 Å². The lowest BCUT2D eigenvalue weighted by molar-refractivity contribution is -0.153. The molecule has 0 unspecified atom stereocenters. The third kappa shape index (κ3) is 4.95. The molecule has 1 heterocycles. The Labute approximate surface area is 148 Å². The van der Waals surface area contributed by atoms with E-state index in [-0.39, 0.29) is 6.09 Å². The molecule has 7 heteroatoms. The number of piperazine rings is 1. The van der Waals surface area contributed by atoms with Crippen molar-refractivity contribution < 1.29 is 19.1 Å². The molecule has 1 aromatic rings. The maximum Gasteiger partial charge on any atom is 0.409 e. The molecule has 1 fully saturated rings. The predicted octanol–water partition coefficient (Wildman–Crippen LogP) is 1.34. The summed E-state index contributed by atoms with van der Waals surface area (Å²) >= 11 is 0. The summed E-state index contributed by atoms with van der Waals surface area (Å²) in [5.74, 6) is -1.02. The van der Waals surface area contributed by atoms with Crippen LogP contribution in [-0.2, 0) is 20.9 Å². The average Bonchev–Trinajstić information content (AvgIpc) is 2.66. The molecule has 136 valence electrons. The van der Waals surface area contributed by atoms with E-state index >= 15 is 0 Å². The number of amides is 3. The molecule has 0 radical (unpaired) electrons. The molecule has 1 saturated heterocycles. The van der Waals surface area contributed by atoms with Gasteiger partial charge in [-0.3, -0.25) is 9.59 Å². The normalized spacial score (nSPS) is 14.2. The largest absolute Gasteiger partial charge is 0.450 e. The number of hydrogen-bond acceptors (Lipinski definition) is 4. The van der Waals surface area contributed by atoms with Crippen molar-refractivity contribution in [1.29, 1.82) is 0 Å². The molecule has 1 aliphatic heterocycles. The highest BCUT2D eigenvalue weighted by Crippen LogP contribution is 2.09. The maximum atomic E-state index is 12.5. The molecule has 3 amide bonds. The van der Waals surface area contributed by atoms with E-state index in [2.05, 4.69) is 0 Å². The molecule has 0 spiro atoms. The monoisotopic (exact) mass is 347 g/mol.